The van der Waals surface area contributed by atoms with Crippen LogP contribution in [-0.4, -0.2) is 16.2 Å². The van der Waals surface area contributed by atoms with Crippen molar-refractivity contribution in [2.24, 2.45) is 0 Å². The molecule has 0 unspecified atom stereocenters. The van der Waals surface area contributed by atoms with Crippen LogP contribution in [0.15, 0.2) is 24.3 Å². The minimum atomic E-state index is -5.75. The first kappa shape index (κ1) is 22.7. The van der Waals surface area contributed by atoms with E-state index in [2.05, 4.69) is 0 Å². The molecule has 0 aliphatic carbocycles. The van der Waals surface area contributed by atoms with E-state index in [9.17, 15) is 4.79 Å². The van der Waals surface area contributed by atoms with Gasteiger partial charge in [-0.1, -0.05) is 12.1 Å². The van der Waals surface area contributed by atoms with E-state index in [1.165, 1.54) is 12.1 Å². The molecule has 0 atom stereocenters. The summed E-state index contributed by atoms with van der Waals surface area (Å²) >= 11 is -5.75. The second-order valence-electron chi connectivity index (χ2n) is 2.23. The molecule has 7 nitrogen and oxygen atoms in total. The van der Waals surface area contributed by atoms with Crippen LogP contribution >= 0.6 is 0 Å². The first-order valence-electron chi connectivity index (χ1n) is 3.40. The molecule has 0 saturated carbocycles. The number of rotatable bonds is 1. The van der Waals surface area contributed by atoms with E-state index in [0.29, 0.717) is 0 Å². The van der Waals surface area contributed by atoms with Gasteiger partial charge >= 0.3 is 94.6 Å². The number of aromatic hydroxyl groups is 1. The van der Waals surface area contributed by atoms with Crippen molar-refractivity contribution in [3.05, 3.63) is 29.8 Å². The number of carbonyl (C=O) groups is 1. The molecule has 10 heteroatoms. The fourth-order valence-corrected chi connectivity index (χ4v) is 0.654. The summed E-state index contributed by atoms with van der Waals surface area (Å²) in [4.78, 5) is 10.3. The van der Waals surface area contributed by atoms with Crippen molar-refractivity contribution >= 4 is 5.97 Å². The third kappa shape index (κ3) is 14.5. The standard InChI is InChI=1S/C7H6O3.Cr.2Na.4O/c8-6-4-2-1-3-5(6)7(9)10;;;;;;;/h1-4,8H,(H,9,10);;;;;;;/q;;2*+1;;;2*-1. The molecule has 0 spiro atoms. The molecule has 84 valence electrons. The Morgan fingerprint density at radius 2 is 1.47 bits per heavy atom. The third-order valence-corrected chi connectivity index (χ3v) is 1.13. The van der Waals surface area contributed by atoms with Gasteiger partial charge in [-0.05, 0) is 12.1 Å². The molecule has 0 aliphatic rings. The summed E-state index contributed by atoms with van der Waals surface area (Å²) in [5.74, 6) is -1.31. The van der Waals surface area contributed by atoms with Crippen molar-refractivity contribution in [2.75, 3.05) is 0 Å². The summed E-state index contributed by atoms with van der Waals surface area (Å²) in [5.41, 5.74) is -0.0671. The average molecular weight is 300 g/mol. The number of hydrogen-bond acceptors (Lipinski definition) is 6. The second-order valence-corrected chi connectivity index (χ2v) is 3.51. The maximum absolute atomic E-state index is 10.3. The molecule has 1 aromatic carbocycles. The Kier molecular flexibility index (Phi) is 14.0. The van der Waals surface area contributed by atoms with Crippen LogP contribution in [0.5, 0.6) is 5.75 Å². The van der Waals surface area contributed by atoms with Crippen LogP contribution in [-0.2, 0) is 21.2 Å². The molecule has 1 aromatic rings. The average Bonchev–Trinajstić information content (AvgIpc) is 2.01. The molecule has 0 amide bonds. The van der Waals surface area contributed by atoms with Crippen LogP contribution in [0.3, 0.4) is 0 Å². The van der Waals surface area contributed by atoms with E-state index in [4.69, 9.17) is 26.1 Å². The van der Waals surface area contributed by atoms with E-state index in [0.717, 1.165) is 0 Å². The predicted octanol–water partition coefficient (Wildman–Crippen LogP) is -7.52. The number of phenols is 1. The van der Waals surface area contributed by atoms with Crippen molar-refractivity contribution in [1.29, 1.82) is 0 Å². The zero-order chi connectivity index (χ0) is 12.1. The van der Waals surface area contributed by atoms with Gasteiger partial charge in [0, 0.05) is 0 Å². The summed E-state index contributed by atoms with van der Waals surface area (Å²) in [6, 6.07) is 5.81. The Balaban J connectivity index is -0.000000247. The molecule has 0 aliphatic heterocycles. The Bertz CT molecular complexity index is 437. The summed E-state index contributed by atoms with van der Waals surface area (Å²) < 4.78 is 34.4. The molecule has 0 aromatic heterocycles. The van der Waals surface area contributed by atoms with E-state index >= 15 is 0 Å². The Hall–Kier alpha value is 0.542. The Labute approximate surface area is 143 Å². The van der Waals surface area contributed by atoms with Gasteiger partial charge < -0.3 is 10.2 Å². The maximum atomic E-state index is 10.3. The fraction of sp³-hybridized carbons (Fsp3) is 0. The van der Waals surface area contributed by atoms with Gasteiger partial charge in [-0.2, -0.15) is 0 Å². The zero-order valence-electron chi connectivity index (χ0n) is 9.15. The van der Waals surface area contributed by atoms with Crippen molar-refractivity contribution < 1.29 is 104 Å². The second kappa shape index (κ2) is 10.5. The molecule has 0 fully saturated rings. The Morgan fingerprint density at radius 1 is 1.12 bits per heavy atom. The fourth-order valence-electron chi connectivity index (χ4n) is 0.654. The van der Waals surface area contributed by atoms with E-state index in [1.807, 2.05) is 0 Å². The topological polar surface area (TPSA) is 138 Å². The molecule has 0 heterocycles. The summed E-state index contributed by atoms with van der Waals surface area (Å²) in [6.45, 7) is 0. The van der Waals surface area contributed by atoms with Crippen molar-refractivity contribution in [3.63, 3.8) is 0 Å². The summed E-state index contributed by atoms with van der Waals surface area (Å²) in [5, 5.41) is 17.3. The van der Waals surface area contributed by atoms with Gasteiger partial charge in [0.1, 0.15) is 11.3 Å². The van der Waals surface area contributed by atoms with Crippen LogP contribution < -0.4 is 67.4 Å². The van der Waals surface area contributed by atoms with Crippen LogP contribution in [0.4, 0.5) is 0 Å². The number of aromatic carboxylic acids is 1. The molecule has 1 rings (SSSR count). The van der Waals surface area contributed by atoms with E-state index < -0.39 is 19.6 Å². The van der Waals surface area contributed by atoms with Crippen LogP contribution in [0, 0.1) is 0 Å². The number of hydrogen-bond donors (Lipinski definition) is 2. The molecule has 17 heavy (non-hydrogen) atoms. The van der Waals surface area contributed by atoms with Gasteiger partial charge in [-0.25, -0.2) is 4.79 Å². The van der Waals surface area contributed by atoms with Crippen LogP contribution in [0.25, 0.3) is 0 Å². The summed E-state index contributed by atoms with van der Waals surface area (Å²) in [6.07, 6.45) is 0. The van der Waals surface area contributed by atoms with Gasteiger partial charge in [0.05, 0.1) is 0 Å². The number of para-hydroxylation sites is 1. The van der Waals surface area contributed by atoms with Crippen molar-refractivity contribution in [2.45, 2.75) is 0 Å². The normalized spacial score (nSPS) is 8.82. The molecular weight excluding hydrogens is 294 g/mol. The quantitative estimate of drug-likeness (QED) is 0.491. The van der Waals surface area contributed by atoms with Gasteiger partial charge in [0.25, 0.3) is 0 Å². The SMILES string of the molecule is O=C(O)c1ccccc1O.[Na+].[Na+].[O]=[Cr](=[O])([O-])[O-]. The van der Waals surface area contributed by atoms with Gasteiger partial charge in [0.15, 0.2) is 0 Å². The zero-order valence-corrected chi connectivity index (χ0v) is 14.4. The first-order chi connectivity index (χ1) is 6.72. The number of carboxylic acids is 1. The molecule has 0 radical (unpaired) electrons. The third-order valence-electron chi connectivity index (χ3n) is 1.13. The number of carboxylic acid groups (broad SMARTS) is 1. The van der Waals surface area contributed by atoms with Crippen molar-refractivity contribution in [3.8, 4) is 5.75 Å². The molecule has 2 N–H and O–H groups in total. The van der Waals surface area contributed by atoms with E-state index in [1.54, 1.807) is 12.1 Å². The van der Waals surface area contributed by atoms with Crippen LogP contribution in [0.2, 0.25) is 0 Å². The molecule has 0 saturated heterocycles. The van der Waals surface area contributed by atoms with Gasteiger partial charge in [-0.3, -0.25) is 0 Å². The molecule has 0 bridgehead atoms. The van der Waals surface area contributed by atoms with Gasteiger partial charge in [0.2, 0.25) is 0 Å². The minimum absolute atomic E-state index is 0. The van der Waals surface area contributed by atoms with Crippen molar-refractivity contribution in [1.82, 2.24) is 0 Å². The first-order valence-corrected chi connectivity index (χ1v) is 5.48. The Morgan fingerprint density at radius 3 is 1.71 bits per heavy atom. The predicted molar refractivity (Wildman–Crippen MR) is 36.4 cm³/mol. The van der Waals surface area contributed by atoms with E-state index in [-0.39, 0.29) is 70.4 Å². The number of benzene rings is 1. The summed E-state index contributed by atoms with van der Waals surface area (Å²) in [7, 11) is 0. The van der Waals surface area contributed by atoms with Gasteiger partial charge in [-0.15, -0.1) is 0 Å². The monoisotopic (exact) mass is 300 g/mol. The molecular formula is C7H6CrNa2O7. The van der Waals surface area contributed by atoms with Crippen LogP contribution in [0.1, 0.15) is 10.4 Å².